The van der Waals surface area contributed by atoms with Crippen molar-refractivity contribution < 1.29 is 14.6 Å². The van der Waals surface area contributed by atoms with Gasteiger partial charge in [0.15, 0.2) is 0 Å². The molecule has 1 aromatic rings. The number of hydrazine groups is 1. The van der Waals surface area contributed by atoms with Gasteiger partial charge in [0.05, 0.1) is 18.6 Å². The number of carboxylic acid groups (broad SMARTS) is 1. The Morgan fingerprint density at radius 3 is 2.78 bits per heavy atom. The van der Waals surface area contributed by atoms with E-state index in [9.17, 15) is 9.90 Å². The van der Waals surface area contributed by atoms with Gasteiger partial charge < -0.3 is 9.84 Å². The minimum atomic E-state index is -0.811. The highest BCUT2D eigenvalue weighted by atomic mass is 79.9. The van der Waals surface area contributed by atoms with Crippen molar-refractivity contribution in [2.75, 3.05) is 6.61 Å². The zero-order chi connectivity index (χ0) is 16.8. The minimum absolute atomic E-state index is 0.145. The summed E-state index contributed by atoms with van der Waals surface area (Å²) in [5.74, 6) is -0.593. The lowest BCUT2D eigenvalue weighted by Gasteiger charge is -2.20. The zero-order valence-corrected chi connectivity index (χ0v) is 15.2. The molecule has 1 saturated heterocycles. The third kappa shape index (κ3) is 4.68. The smallest absolute Gasteiger partial charge is 0.310 e. The Labute approximate surface area is 145 Å². The predicted octanol–water partition coefficient (Wildman–Crippen LogP) is 3.65. The molecule has 0 aromatic heterocycles. The second-order valence-electron chi connectivity index (χ2n) is 6.01. The molecule has 0 spiro atoms. The summed E-state index contributed by atoms with van der Waals surface area (Å²) in [7, 11) is 0. The average molecular weight is 385 g/mol. The maximum atomic E-state index is 11.6. The highest BCUT2D eigenvalue weighted by molar-refractivity contribution is 9.10. The number of aliphatic carboxylic acids is 1. The Morgan fingerprint density at radius 1 is 1.30 bits per heavy atom. The monoisotopic (exact) mass is 384 g/mol. The Morgan fingerprint density at radius 2 is 2.09 bits per heavy atom. The summed E-state index contributed by atoms with van der Waals surface area (Å²) in [5, 5.41) is 9.52. The van der Waals surface area contributed by atoms with Crippen LogP contribution < -0.4 is 15.6 Å². The largest absolute Gasteiger partial charge is 0.493 e. The van der Waals surface area contributed by atoms with E-state index >= 15 is 0 Å². The van der Waals surface area contributed by atoms with Gasteiger partial charge in [-0.25, -0.2) is 5.43 Å². The van der Waals surface area contributed by atoms with Crippen molar-refractivity contribution in [1.82, 2.24) is 10.9 Å². The van der Waals surface area contributed by atoms with Crippen molar-refractivity contribution in [1.29, 1.82) is 0 Å². The van der Waals surface area contributed by atoms with Crippen LogP contribution in [0.5, 0.6) is 5.75 Å². The molecule has 1 aliphatic heterocycles. The molecule has 0 radical (unpaired) electrons. The van der Waals surface area contributed by atoms with E-state index in [1.807, 2.05) is 25.1 Å². The lowest BCUT2D eigenvalue weighted by Crippen LogP contribution is -2.30. The van der Waals surface area contributed by atoms with Gasteiger partial charge in [0.25, 0.3) is 0 Å². The second-order valence-corrected chi connectivity index (χ2v) is 6.93. The number of rotatable bonds is 8. The number of halogens is 1. The fourth-order valence-electron chi connectivity index (χ4n) is 2.92. The Kier molecular flexibility index (Phi) is 6.87. The van der Waals surface area contributed by atoms with Crippen molar-refractivity contribution >= 4 is 21.9 Å². The lowest BCUT2D eigenvalue weighted by molar-refractivity contribution is -0.142. The van der Waals surface area contributed by atoms with Crippen LogP contribution in [-0.4, -0.2) is 23.7 Å². The molecule has 1 aromatic carbocycles. The van der Waals surface area contributed by atoms with Gasteiger partial charge in [-0.15, -0.1) is 0 Å². The van der Waals surface area contributed by atoms with Crippen molar-refractivity contribution in [2.24, 2.45) is 5.92 Å². The molecule has 5 nitrogen and oxygen atoms in total. The summed E-state index contributed by atoms with van der Waals surface area (Å²) in [6.07, 6.45) is 4.57. The Bertz CT molecular complexity index is 539. The molecular formula is C17H25BrN2O3. The van der Waals surface area contributed by atoms with Gasteiger partial charge >= 0.3 is 5.97 Å². The van der Waals surface area contributed by atoms with E-state index in [0.29, 0.717) is 6.61 Å². The first-order chi connectivity index (χ1) is 11.0. The summed E-state index contributed by atoms with van der Waals surface area (Å²) in [4.78, 5) is 11.6. The van der Waals surface area contributed by atoms with Gasteiger partial charge in [-0.3, -0.25) is 10.2 Å². The number of hydrogen-bond donors (Lipinski definition) is 3. The van der Waals surface area contributed by atoms with Crippen molar-refractivity contribution in [3.05, 3.63) is 28.2 Å². The van der Waals surface area contributed by atoms with E-state index in [0.717, 1.165) is 28.6 Å². The van der Waals surface area contributed by atoms with Gasteiger partial charge in [0, 0.05) is 16.1 Å². The van der Waals surface area contributed by atoms with Gasteiger partial charge in [0.2, 0.25) is 0 Å². The first-order valence-corrected chi connectivity index (χ1v) is 9.00. The number of carboxylic acids is 1. The summed E-state index contributed by atoms with van der Waals surface area (Å²) >= 11 is 3.47. The summed E-state index contributed by atoms with van der Waals surface area (Å²) < 4.78 is 6.85. The van der Waals surface area contributed by atoms with Crippen molar-refractivity contribution in [3.63, 3.8) is 0 Å². The molecule has 0 saturated carbocycles. The molecule has 3 atom stereocenters. The topological polar surface area (TPSA) is 70.6 Å². The highest BCUT2D eigenvalue weighted by Gasteiger charge is 2.40. The third-order valence-electron chi connectivity index (χ3n) is 4.21. The average Bonchev–Trinajstić information content (AvgIpc) is 2.90. The van der Waals surface area contributed by atoms with Gasteiger partial charge in [-0.2, -0.15) is 0 Å². The van der Waals surface area contributed by atoms with Crippen LogP contribution in [0.1, 0.15) is 51.1 Å². The molecule has 3 N–H and O–H groups in total. The molecular weight excluding hydrogens is 360 g/mol. The van der Waals surface area contributed by atoms with Crippen LogP contribution in [0.3, 0.4) is 0 Å². The van der Waals surface area contributed by atoms with Crippen LogP contribution in [0.15, 0.2) is 22.7 Å². The zero-order valence-electron chi connectivity index (χ0n) is 13.6. The molecule has 6 heteroatoms. The number of carbonyl (C=O) groups is 1. The van der Waals surface area contributed by atoms with Crippen LogP contribution >= 0.6 is 15.9 Å². The molecule has 23 heavy (non-hydrogen) atoms. The van der Waals surface area contributed by atoms with Gasteiger partial charge in [-0.05, 0) is 31.5 Å². The van der Waals surface area contributed by atoms with Gasteiger partial charge in [0.1, 0.15) is 5.75 Å². The molecule has 3 unspecified atom stereocenters. The van der Waals surface area contributed by atoms with Crippen LogP contribution in [-0.2, 0) is 4.79 Å². The fourth-order valence-corrected chi connectivity index (χ4v) is 3.30. The van der Waals surface area contributed by atoms with E-state index < -0.39 is 11.9 Å². The van der Waals surface area contributed by atoms with Crippen LogP contribution in [0.25, 0.3) is 0 Å². The Balaban J connectivity index is 2.13. The van der Waals surface area contributed by atoms with E-state index in [1.54, 1.807) is 0 Å². The molecule has 0 amide bonds. The maximum absolute atomic E-state index is 11.6. The van der Waals surface area contributed by atoms with Crippen LogP contribution in [0.2, 0.25) is 0 Å². The van der Waals surface area contributed by atoms with E-state index in [2.05, 4.69) is 33.7 Å². The summed E-state index contributed by atoms with van der Waals surface area (Å²) in [5.41, 5.74) is 7.00. The first-order valence-electron chi connectivity index (χ1n) is 8.20. The highest BCUT2D eigenvalue weighted by Crippen LogP contribution is 2.36. The van der Waals surface area contributed by atoms with Gasteiger partial charge in [-0.1, -0.05) is 42.1 Å². The van der Waals surface area contributed by atoms with Crippen LogP contribution in [0, 0.1) is 5.92 Å². The fraction of sp³-hybridized carbons (Fsp3) is 0.588. The number of hydrogen-bond acceptors (Lipinski definition) is 4. The normalized spacial score (nSPS) is 23.9. The van der Waals surface area contributed by atoms with Crippen molar-refractivity contribution in [2.45, 2.75) is 51.6 Å². The third-order valence-corrected chi connectivity index (χ3v) is 4.71. The Hall–Kier alpha value is -1.11. The molecule has 1 aliphatic rings. The summed E-state index contributed by atoms with van der Waals surface area (Å²) in [6, 6.07) is 5.31. The van der Waals surface area contributed by atoms with Crippen molar-refractivity contribution in [3.8, 4) is 5.75 Å². The number of unbranched alkanes of at least 4 members (excludes halogenated alkanes) is 3. The number of nitrogens with one attached hydrogen (secondary N) is 2. The quantitative estimate of drug-likeness (QED) is 0.596. The second kappa shape index (κ2) is 8.66. The number of ether oxygens (including phenoxy) is 1. The molecule has 1 fully saturated rings. The van der Waals surface area contributed by atoms with E-state index in [-0.39, 0.29) is 12.1 Å². The molecule has 0 bridgehead atoms. The molecule has 2 rings (SSSR count). The van der Waals surface area contributed by atoms with E-state index in [1.165, 1.54) is 12.8 Å². The SMILES string of the molecule is CCCCCCOc1ccc(Br)cc1C1NNC(C)C1C(=O)O. The molecule has 0 aliphatic carbocycles. The number of benzene rings is 1. The minimum Gasteiger partial charge on any atom is -0.493 e. The lowest BCUT2D eigenvalue weighted by atomic mass is 9.90. The predicted molar refractivity (Wildman–Crippen MR) is 93.4 cm³/mol. The summed E-state index contributed by atoms with van der Waals surface area (Å²) in [6.45, 7) is 4.71. The first kappa shape index (κ1) is 18.2. The molecule has 1 heterocycles. The molecule has 128 valence electrons. The standard InChI is InChI=1S/C17H25BrN2O3/c1-3-4-5-6-9-23-14-8-7-12(18)10-13(14)16-15(17(21)22)11(2)19-20-16/h7-8,10-11,15-16,19-20H,3-6,9H2,1-2H3,(H,21,22). The maximum Gasteiger partial charge on any atom is 0.310 e. The van der Waals surface area contributed by atoms with E-state index in [4.69, 9.17) is 4.74 Å². The van der Waals surface area contributed by atoms with Crippen LogP contribution in [0.4, 0.5) is 0 Å².